The number of amides is 3. The number of hydrogen-bond donors (Lipinski definition) is 5. The van der Waals surface area contributed by atoms with Crippen LogP contribution in [0.25, 0.3) is 10.8 Å². The maximum atomic E-state index is 12.8. The Hall–Kier alpha value is -3.80. The van der Waals surface area contributed by atoms with Crippen LogP contribution in [0.3, 0.4) is 0 Å². The van der Waals surface area contributed by atoms with Crippen molar-refractivity contribution in [3.8, 4) is 0 Å². The van der Waals surface area contributed by atoms with Gasteiger partial charge in [0.05, 0.1) is 18.4 Å². The molecule has 2 heterocycles. The number of carbonyl (C=O) groups is 2. The smallest absolute Gasteiger partial charge is 0.351 e. The number of aromatic nitrogens is 2. The van der Waals surface area contributed by atoms with Crippen LogP contribution < -0.4 is 21.6 Å². The second-order valence-corrected chi connectivity index (χ2v) is 9.73. The Morgan fingerprint density at radius 2 is 1.66 bits per heavy atom. The summed E-state index contributed by atoms with van der Waals surface area (Å²) in [7, 11) is 0. The molecular weight excluding hydrogens is 490 g/mol. The van der Waals surface area contributed by atoms with Gasteiger partial charge in [-0.25, -0.2) is 9.59 Å². The molecule has 1 saturated carbocycles. The van der Waals surface area contributed by atoms with Crippen molar-refractivity contribution in [1.82, 2.24) is 9.55 Å². The standard InChI is InChI=1S/C27H31N5O6/c33-15-22-21(34)14-24(38-22)32-13-12-23(31-27(32)37)30-26(36)29-20-11-5-8-17-18(20)9-4-10-19(17)28-25(35)16-6-2-1-3-7-16/h4-5,8-13,16,21-22,24,33-34H,1-3,6-7,14-15H2,(H,28,35)(H2,29,30,31,36,37)/t21-,22+,24+/m0/s1. The number of fused-ring (bicyclic) bond motifs is 1. The first kappa shape index (κ1) is 25.8. The number of rotatable bonds is 6. The third-order valence-electron chi connectivity index (χ3n) is 7.17. The fourth-order valence-corrected chi connectivity index (χ4v) is 5.15. The predicted octanol–water partition coefficient (Wildman–Crippen LogP) is 3.20. The van der Waals surface area contributed by atoms with E-state index in [9.17, 15) is 24.6 Å². The normalized spacial score (nSPS) is 21.8. The van der Waals surface area contributed by atoms with Crippen molar-refractivity contribution in [3.63, 3.8) is 0 Å². The van der Waals surface area contributed by atoms with Crippen molar-refractivity contribution in [2.75, 3.05) is 22.6 Å². The molecule has 2 aliphatic rings. The summed E-state index contributed by atoms with van der Waals surface area (Å²) in [5.41, 5.74) is 0.558. The minimum absolute atomic E-state index is 0.0236. The summed E-state index contributed by atoms with van der Waals surface area (Å²) in [5, 5.41) is 29.1. The summed E-state index contributed by atoms with van der Waals surface area (Å²) in [4.78, 5) is 41.9. The summed E-state index contributed by atoms with van der Waals surface area (Å²) < 4.78 is 6.70. The molecule has 3 amide bonds. The molecule has 0 radical (unpaired) electrons. The molecule has 0 unspecified atom stereocenters. The maximum absolute atomic E-state index is 12.8. The fourth-order valence-electron chi connectivity index (χ4n) is 5.15. The van der Waals surface area contributed by atoms with Crippen LogP contribution in [0.4, 0.5) is 22.0 Å². The lowest BCUT2D eigenvalue weighted by molar-refractivity contribution is -0.120. The molecule has 5 rings (SSSR count). The van der Waals surface area contributed by atoms with Crippen molar-refractivity contribution >= 4 is 39.9 Å². The Morgan fingerprint density at radius 1 is 0.974 bits per heavy atom. The highest BCUT2D eigenvalue weighted by Gasteiger charge is 2.35. The fraction of sp³-hybridized carbons (Fsp3) is 0.407. The van der Waals surface area contributed by atoms with Crippen molar-refractivity contribution in [2.24, 2.45) is 5.92 Å². The van der Waals surface area contributed by atoms with Crippen LogP contribution in [0.2, 0.25) is 0 Å². The van der Waals surface area contributed by atoms with Crippen molar-refractivity contribution < 1.29 is 24.5 Å². The molecule has 1 aromatic heterocycles. The van der Waals surface area contributed by atoms with Gasteiger partial charge in [0, 0.05) is 35.0 Å². The largest absolute Gasteiger partial charge is 0.394 e. The number of hydrogen-bond acceptors (Lipinski definition) is 7. The Kier molecular flexibility index (Phi) is 7.68. The van der Waals surface area contributed by atoms with Crippen molar-refractivity contribution in [2.45, 2.75) is 57.0 Å². The second kappa shape index (κ2) is 11.3. The lowest BCUT2D eigenvalue weighted by Crippen LogP contribution is -2.29. The van der Waals surface area contributed by atoms with E-state index in [1.165, 1.54) is 23.3 Å². The van der Waals surface area contributed by atoms with Gasteiger partial charge < -0.3 is 25.6 Å². The lowest BCUT2D eigenvalue weighted by Gasteiger charge is -2.21. The number of nitrogens with zero attached hydrogens (tertiary/aromatic N) is 2. The summed E-state index contributed by atoms with van der Waals surface area (Å²) >= 11 is 0. The van der Waals surface area contributed by atoms with E-state index >= 15 is 0 Å². The van der Waals surface area contributed by atoms with E-state index in [1.54, 1.807) is 12.1 Å². The van der Waals surface area contributed by atoms with Gasteiger partial charge in [0.25, 0.3) is 0 Å². The van der Waals surface area contributed by atoms with Gasteiger partial charge in [0.1, 0.15) is 18.1 Å². The third kappa shape index (κ3) is 5.54. The van der Waals surface area contributed by atoms with Gasteiger partial charge in [0.15, 0.2) is 0 Å². The monoisotopic (exact) mass is 521 g/mol. The van der Waals surface area contributed by atoms with Crippen LogP contribution >= 0.6 is 0 Å². The molecule has 2 aromatic carbocycles. The lowest BCUT2D eigenvalue weighted by atomic mass is 9.88. The first-order valence-electron chi connectivity index (χ1n) is 12.9. The Bertz CT molecular complexity index is 1390. The minimum Gasteiger partial charge on any atom is -0.394 e. The van der Waals surface area contributed by atoms with E-state index in [0.29, 0.717) is 11.4 Å². The molecule has 11 nitrogen and oxygen atoms in total. The van der Waals surface area contributed by atoms with Gasteiger partial charge in [-0.1, -0.05) is 43.5 Å². The first-order chi connectivity index (χ1) is 18.4. The van der Waals surface area contributed by atoms with Gasteiger partial charge in [0.2, 0.25) is 5.91 Å². The summed E-state index contributed by atoms with van der Waals surface area (Å²) in [6.45, 7) is -0.359. The van der Waals surface area contributed by atoms with Gasteiger partial charge >= 0.3 is 11.7 Å². The van der Waals surface area contributed by atoms with Crippen LogP contribution in [-0.4, -0.2) is 50.5 Å². The number of ether oxygens (including phenoxy) is 1. The Morgan fingerprint density at radius 3 is 2.29 bits per heavy atom. The van der Waals surface area contributed by atoms with Crippen LogP contribution in [0.5, 0.6) is 0 Å². The Labute approximate surface area is 218 Å². The third-order valence-corrected chi connectivity index (χ3v) is 7.17. The number of aliphatic hydroxyl groups excluding tert-OH is 2. The molecule has 1 aliphatic carbocycles. The molecule has 38 heavy (non-hydrogen) atoms. The zero-order chi connectivity index (χ0) is 26.6. The average molecular weight is 522 g/mol. The van der Waals surface area contributed by atoms with E-state index in [2.05, 4.69) is 20.9 Å². The highest BCUT2D eigenvalue weighted by atomic mass is 16.5. The number of anilines is 3. The quantitative estimate of drug-likeness (QED) is 0.334. The van der Waals surface area contributed by atoms with E-state index < -0.39 is 30.2 Å². The molecule has 1 aliphatic heterocycles. The number of aliphatic hydroxyl groups is 2. The molecular formula is C27H31N5O6. The van der Waals surface area contributed by atoms with Gasteiger partial charge in [-0.05, 0) is 31.0 Å². The molecule has 3 aromatic rings. The number of nitrogens with one attached hydrogen (secondary N) is 3. The van der Waals surface area contributed by atoms with Crippen LogP contribution in [0.15, 0.2) is 53.5 Å². The zero-order valence-electron chi connectivity index (χ0n) is 20.8. The molecule has 200 valence electrons. The van der Waals surface area contributed by atoms with Crippen LogP contribution in [0.1, 0.15) is 44.8 Å². The molecule has 0 bridgehead atoms. The molecule has 11 heteroatoms. The highest BCUT2D eigenvalue weighted by Crippen LogP contribution is 2.31. The SMILES string of the molecule is O=C(Nc1ccn([C@H]2C[C@H](O)[C@@H](CO)O2)c(=O)n1)Nc1cccc2c(NC(=O)C3CCCCC3)cccc12. The minimum atomic E-state index is -0.887. The summed E-state index contributed by atoms with van der Waals surface area (Å²) in [5.74, 6) is 0.0932. The van der Waals surface area contributed by atoms with E-state index in [0.717, 1.165) is 36.5 Å². The van der Waals surface area contributed by atoms with Gasteiger partial charge in [-0.2, -0.15) is 4.98 Å². The first-order valence-corrected chi connectivity index (χ1v) is 12.9. The van der Waals surface area contributed by atoms with Crippen LogP contribution in [0, 0.1) is 5.92 Å². The second-order valence-electron chi connectivity index (χ2n) is 9.73. The van der Waals surface area contributed by atoms with Gasteiger partial charge in [-0.3, -0.25) is 14.7 Å². The van der Waals surface area contributed by atoms with Crippen LogP contribution in [-0.2, 0) is 9.53 Å². The van der Waals surface area contributed by atoms with E-state index in [4.69, 9.17) is 4.74 Å². The number of benzene rings is 2. The maximum Gasteiger partial charge on any atom is 0.351 e. The average Bonchev–Trinajstić information content (AvgIpc) is 3.29. The highest BCUT2D eigenvalue weighted by molar-refractivity contribution is 6.10. The summed E-state index contributed by atoms with van der Waals surface area (Å²) in [6.07, 6.45) is 4.28. The van der Waals surface area contributed by atoms with Crippen molar-refractivity contribution in [1.29, 1.82) is 0 Å². The topological polar surface area (TPSA) is 155 Å². The van der Waals surface area contributed by atoms with Crippen molar-refractivity contribution in [3.05, 3.63) is 59.1 Å². The van der Waals surface area contributed by atoms with E-state index in [1.807, 2.05) is 24.3 Å². The molecule has 3 atom stereocenters. The summed E-state index contributed by atoms with van der Waals surface area (Å²) in [6, 6.07) is 11.8. The van der Waals surface area contributed by atoms with Gasteiger partial charge in [-0.15, -0.1) is 0 Å². The Balaban J connectivity index is 1.27. The number of carbonyl (C=O) groups excluding carboxylic acids is 2. The zero-order valence-corrected chi connectivity index (χ0v) is 20.8. The molecule has 1 saturated heterocycles. The number of urea groups is 1. The molecule has 2 fully saturated rings. The van der Waals surface area contributed by atoms with E-state index in [-0.39, 0.29) is 30.7 Å². The molecule has 5 N–H and O–H groups in total. The molecule has 0 spiro atoms. The predicted molar refractivity (Wildman–Crippen MR) is 142 cm³/mol.